The summed E-state index contributed by atoms with van der Waals surface area (Å²) in [6.45, 7) is 2.10. The number of ether oxygens (including phenoxy) is 3. The van der Waals surface area contributed by atoms with Gasteiger partial charge in [-0.1, -0.05) is 0 Å². The minimum atomic E-state index is 0.124. The molecule has 126 valence electrons. The van der Waals surface area contributed by atoms with Crippen LogP contribution in [-0.4, -0.2) is 46.3 Å². The molecular formula is C18H20N2O3Se. The molecule has 0 spiro atoms. The van der Waals surface area contributed by atoms with Crippen LogP contribution < -0.4 is 23.1 Å². The van der Waals surface area contributed by atoms with Crippen molar-refractivity contribution in [1.29, 1.82) is 0 Å². The Balaban J connectivity index is 1.95. The first-order valence-corrected chi connectivity index (χ1v) is 9.36. The molecule has 0 saturated heterocycles. The zero-order valence-corrected chi connectivity index (χ0v) is 15.9. The second-order valence-corrected chi connectivity index (χ2v) is 7.59. The summed E-state index contributed by atoms with van der Waals surface area (Å²) in [5, 5.41) is 0. The number of aromatic amines is 1. The molecule has 0 aliphatic rings. The van der Waals surface area contributed by atoms with Gasteiger partial charge in [0.2, 0.25) is 0 Å². The number of aryl methyl sites for hydroxylation is 1. The average molecular weight is 391 g/mol. The molecular weight excluding hydrogens is 371 g/mol. The van der Waals surface area contributed by atoms with Crippen LogP contribution in [-0.2, 0) is 6.42 Å². The van der Waals surface area contributed by atoms with Gasteiger partial charge < -0.3 is 0 Å². The summed E-state index contributed by atoms with van der Waals surface area (Å²) in [6.07, 6.45) is 0.905. The van der Waals surface area contributed by atoms with Gasteiger partial charge in [-0.15, -0.1) is 0 Å². The van der Waals surface area contributed by atoms with Crippen molar-refractivity contribution in [1.82, 2.24) is 9.97 Å². The van der Waals surface area contributed by atoms with Gasteiger partial charge in [0, 0.05) is 0 Å². The van der Waals surface area contributed by atoms with Gasteiger partial charge in [0.1, 0.15) is 0 Å². The molecule has 3 aromatic rings. The van der Waals surface area contributed by atoms with Gasteiger partial charge in [0.15, 0.2) is 0 Å². The normalized spacial score (nSPS) is 10.8. The summed E-state index contributed by atoms with van der Waals surface area (Å²) in [4.78, 5) is 7.92. The van der Waals surface area contributed by atoms with Gasteiger partial charge in [-0.3, -0.25) is 0 Å². The minimum absolute atomic E-state index is 0.124. The Labute approximate surface area is 147 Å². The van der Waals surface area contributed by atoms with Gasteiger partial charge in [0.25, 0.3) is 0 Å². The van der Waals surface area contributed by atoms with E-state index in [0.29, 0.717) is 17.2 Å². The Morgan fingerprint density at radius 1 is 0.958 bits per heavy atom. The zero-order chi connectivity index (χ0) is 17.1. The van der Waals surface area contributed by atoms with Gasteiger partial charge in [-0.25, -0.2) is 0 Å². The number of nitrogens with zero attached hydrogens (tertiary/aromatic N) is 1. The van der Waals surface area contributed by atoms with Crippen molar-refractivity contribution in [3.05, 3.63) is 36.2 Å². The molecule has 0 amide bonds. The van der Waals surface area contributed by atoms with Gasteiger partial charge in [-0.05, 0) is 0 Å². The Bertz CT molecular complexity index is 836. The van der Waals surface area contributed by atoms with Crippen LogP contribution in [0.25, 0.3) is 11.0 Å². The van der Waals surface area contributed by atoms with E-state index < -0.39 is 0 Å². The number of aromatic nitrogens is 2. The molecule has 0 radical (unpaired) electrons. The average Bonchev–Trinajstić information content (AvgIpc) is 3.03. The Morgan fingerprint density at radius 3 is 2.25 bits per heavy atom. The fraction of sp³-hybridized carbons (Fsp3) is 0.278. The number of methoxy groups -OCH3 is 3. The maximum absolute atomic E-state index is 5.43. The summed E-state index contributed by atoms with van der Waals surface area (Å²) < 4.78 is 18.7. The summed E-state index contributed by atoms with van der Waals surface area (Å²) >= 11 is 0.124. The summed E-state index contributed by atoms with van der Waals surface area (Å²) in [6, 6.07) is 10.4. The van der Waals surface area contributed by atoms with E-state index in [9.17, 15) is 0 Å². The molecule has 24 heavy (non-hydrogen) atoms. The van der Waals surface area contributed by atoms with Crippen LogP contribution in [0.3, 0.4) is 0 Å². The number of nitrogens with one attached hydrogen (secondary N) is 1. The van der Waals surface area contributed by atoms with E-state index in [1.165, 1.54) is 4.46 Å². The zero-order valence-electron chi connectivity index (χ0n) is 14.2. The molecule has 5 nitrogen and oxygen atoms in total. The Hall–Kier alpha value is -2.17. The fourth-order valence-corrected chi connectivity index (χ4v) is 4.45. The van der Waals surface area contributed by atoms with Gasteiger partial charge in [-0.2, -0.15) is 0 Å². The van der Waals surface area contributed by atoms with Crippen molar-refractivity contribution < 1.29 is 14.2 Å². The molecule has 0 aliphatic carbocycles. The monoisotopic (exact) mass is 392 g/mol. The second-order valence-electron chi connectivity index (χ2n) is 5.18. The first-order valence-electron chi connectivity index (χ1n) is 7.65. The third kappa shape index (κ3) is 3.21. The third-order valence-corrected chi connectivity index (χ3v) is 5.73. The first-order chi connectivity index (χ1) is 11.7. The molecule has 0 atom stereocenters. The fourth-order valence-electron chi connectivity index (χ4n) is 2.52. The molecule has 1 N–H and O–H groups in total. The molecule has 0 saturated carbocycles. The number of rotatable bonds is 6. The van der Waals surface area contributed by atoms with Crippen molar-refractivity contribution in [2.75, 3.05) is 21.3 Å². The van der Waals surface area contributed by atoms with Crippen molar-refractivity contribution >= 4 is 34.9 Å². The summed E-state index contributed by atoms with van der Waals surface area (Å²) in [7, 11) is 4.89. The molecule has 3 rings (SSSR count). The van der Waals surface area contributed by atoms with Crippen LogP contribution >= 0.6 is 0 Å². The van der Waals surface area contributed by atoms with Crippen LogP contribution in [0.15, 0.2) is 30.3 Å². The van der Waals surface area contributed by atoms with E-state index in [0.717, 1.165) is 27.7 Å². The summed E-state index contributed by atoms with van der Waals surface area (Å²) in [5.74, 6) is 3.01. The topological polar surface area (TPSA) is 56.4 Å². The molecule has 0 fully saturated rings. The number of imidazole rings is 1. The van der Waals surface area contributed by atoms with E-state index in [1.807, 2.05) is 12.1 Å². The van der Waals surface area contributed by atoms with Crippen LogP contribution in [0.5, 0.6) is 17.2 Å². The number of benzene rings is 2. The van der Waals surface area contributed by atoms with Crippen molar-refractivity contribution in [3.63, 3.8) is 0 Å². The maximum atomic E-state index is 5.43. The predicted molar refractivity (Wildman–Crippen MR) is 96.6 cm³/mol. The Morgan fingerprint density at radius 2 is 1.67 bits per heavy atom. The van der Waals surface area contributed by atoms with E-state index in [1.54, 1.807) is 21.3 Å². The SMILES string of the molecule is CCc1nc2ccc([Se]c3cc(OC)c(OC)c(OC)c3)cc2[nH]1. The van der Waals surface area contributed by atoms with Crippen molar-refractivity contribution in [3.8, 4) is 17.2 Å². The van der Waals surface area contributed by atoms with Crippen LogP contribution in [0.4, 0.5) is 0 Å². The third-order valence-electron chi connectivity index (χ3n) is 3.71. The van der Waals surface area contributed by atoms with Crippen LogP contribution in [0.1, 0.15) is 12.7 Å². The van der Waals surface area contributed by atoms with Crippen molar-refractivity contribution in [2.24, 2.45) is 0 Å². The number of hydrogen-bond donors (Lipinski definition) is 1. The van der Waals surface area contributed by atoms with Crippen LogP contribution in [0, 0.1) is 0 Å². The van der Waals surface area contributed by atoms with Crippen molar-refractivity contribution in [2.45, 2.75) is 13.3 Å². The standard InChI is InChI=1S/C18H20N2O3Se/c1-5-17-19-13-7-6-11(8-14(13)20-17)24-12-9-15(21-2)18(23-4)16(10-12)22-3/h6-10H,5H2,1-4H3,(H,19,20). The summed E-state index contributed by atoms with van der Waals surface area (Å²) in [5.41, 5.74) is 2.09. The second kappa shape index (κ2) is 7.16. The van der Waals surface area contributed by atoms with E-state index in [2.05, 4.69) is 35.1 Å². The number of fused-ring (bicyclic) bond motifs is 1. The Kier molecular flexibility index (Phi) is 4.97. The number of H-pyrrole nitrogens is 1. The molecule has 6 heteroatoms. The molecule has 1 aromatic heterocycles. The van der Waals surface area contributed by atoms with E-state index in [-0.39, 0.29) is 15.0 Å². The van der Waals surface area contributed by atoms with Gasteiger partial charge >= 0.3 is 147 Å². The number of hydrogen-bond acceptors (Lipinski definition) is 4. The molecule has 2 aromatic carbocycles. The first kappa shape index (κ1) is 16.7. The van der Waals surface area contributed by atoms with Gasteiger partial charge in [0.05, 0.1) is 0 Å². The molecule has 1 heterocycles. The van der Waals surface area contributed by atoms with E-state index in [4.69, 9.17) is 14.2 Å². The molecule has 0 bridgehead atoms. The molecule has 0 aliphatic heterocycles. The van der Waals surface area contributed by atoms with E-state index >= 15 is 0 Å². The predicted octanol–water partition coefficient (Wildman–Crippen LogP) is 1.81. The van der Waals surface area contributed by atoms with Crippen LogP contribution in [0.2, 0.25) is 0 Å². The quantitative estimate of drug-likeness (QED) is 0.652. The molecule has 0 unspecified atom stereocenters.